The number of esters is 1. The number of carbonyl (C=O) groups excluding carboxylic acids is 2. The number of aliphatic hydroxyl groups excluding tert-OH is 2. The van der Waals surface area contributed by atoms with Crippen LogP contribution in [0.1, 0.15) is 78.1 Å². The number of ether oxygens (including phenoxy) is 3. The van der Waals surface area contributed by atoms with Gasteiger partial charge in [-0.2, -0.15) is 0 Å². The average Bonchev–Trinajstić information content (AvgIpc) is 3.41. The summed E-state index contributed by atoms with van der Waals surface area (Å²) in [6, 6.07) is 0. The van der Waals surface area contributed by atoms with Crippen LogP contribution in [0.3, 0.4) is 0 Å². The maximum Gasteiger partial charge on any atom is 0.331 e. The quantitative estimate of drug-likeness (QED) is 0.241. The molecule has 9 heteroatoms. The highest BCUT2D eigenvalue weighted by Gasteiger charge is 2.71. The lowest BCUT2D eigenvalue weighted by molar-refractivity contribution is -0.286. The third kappa shape index (κ3) is 3.65. The molecule has 0 spiro atoms. The van der Waals surface area contributed by atoms with E-state index >= 15 is 0 Å². The molecule has 0 aromatic carbocycles. The Morgan fingerprint density at radius 3 is 2.50 bits per heavy atom. The lowest BCUT2D eigenvalue weighted by atomic mass is 9.41. The molecule has 38 heavy (non-hydrogen) atoms. The molecular formula is C29H42O9. The van der Waals surface area contributed by atoms with Crippen molar-refractivity contribution in [3.63, 3.8) is 0 Å². The van der Waals surface area contributed by atoms with Crippen LogP contribution in [0, 0.1) is 28.6 Å². The normalized spacial score (nSPS) is 54.4. The number of aliphatic hydroxyl groups is 4. The molecule has 12 atom stereocenters. The highest BCUT2D eigenvalue weighted by atomic mass is 16.7. The standard InChI is InChI=1S/C29H42O9/c1-16-25(33)22(31)12-24(37-16)38-18-3-8-27(15-30)20-4-7-26(2)19(17-11-23(32)36-14-17)6-10-29(26,35)21(20)5-9-28(27,34)13-18/h11,15-16,18-22,24-25,31,33-35H,3-10,12-14H2,1-2H3/t16-,18-,19+,20-,21-,22-,24-,25+,26+,27-,28-,29-/m0/s1. The van der Waals surface area contributed by atoms with Gasteiger partial charge in [-0.15, -0.1) is 0 Å². The molecule has 4 N–H and O–H groups in total. The first kappa shape index (κ1) is 26.8. The summed E-state index contributed by atoms with van der Waals surface area (Å²) in [7, 11) is 0. The second-order valence-corrected chi connectivity index (χ2v) is 13.3. The fraction of sp³-hybridized carbons (Fsp3) is 0.862. The molecule has 0 radical (unpaired) electrons. The molecule has 4 aliphatic carbocycles. The summed E-state index contributed by atoms with van der Waals surface area (Å²) in [6.07, 6.45) is 4.50. The van der Waals surface area contributed by atoms with Gasteiger partial charge in [0.2, 0.25) is 0 Å². The molecule has 0 aromatic heterocycles. The minimum Gasteiger partial charge on any atom is -0.458 e. The molecule has 4 saturated carbocycles. The maximum atomic E-state index is 12.9. The molecule has 0 amide bonds. The lowest BCUT2D eigenvalue weighted by Crippen LogP contribution is -2.69. The number of cyclic esters (lactones) is 1. The first-order chi connectivity index (χ1) is 18.0. The molecule has 0 unspecified atom stereocenters. The Kier molecular flexibility index (Phi) is 6.41. The van der Waals surface area contributed by atoms with Crippen molar-refractivity contribution in [3.8, 4) is 0 Å². The molecule has 2 aliphatic heterocycles. The number of aldehydes is 1. The zero-order valence-corrected chi connectivity index (χ0v) is 22.4. The van der Waals surface area contributed by atoms with Crippen LogP contribution < -0.4 is 0 Å². The molecule has 6 aliphatic rings. The van der Waals surface area contributed by atoms with E-state index in [0.717, 1.165) is 31.1 Å². The lowest BCUT2D eigenvalue weighted by Gasteiger charge is -2.65. The van der Waals surface area contributed by atoms with E-state index in [1.54, 1.807) is 13.0 Å². The van der Waals surface area contributed by atoms with Crippen molar-refractivity contribution >= 4 is 12.3 Å². The summed E-state index contributed by atoms with van der Waals surface area (Å²) < 4.78 is 17.1. The van der Waals surface area contributed by atoms with Gasteiger partial charge in [-0.05, 0) is 81.6 Å². The molecular weight excluding hydrogens is 492 g/mol. The SMILES string of the molecule is C[C@@H]1O[C@@H](O[C@H]2CC[C@]3(C=O)[C@H]4CC[C@]5(C)[C@@H](C6=CC(=O)OC6)CC[C@]5(O)[C@H]4CC[C@]3(O)C2)C[C@H](O)[C@@H]1O. The molecule has 212 valence electrons. The molecule has 2 heterocycles. The molecule has 1 saturated heterocycles. The third-order valence-electron chi connectivity index (χ3n) is 11.9. The summed E-state index contributed by atoms with van der Waals surface area (Å²) in [5.41, 5.74) is -2.60. The number of fused-ring (bicyclic) bond motifs is 5. The Morgan fingerprint density at radius 1 is 1.05 bits per heavy atom. The number of rotatable bonds is 4. The van der Waals surface area contributed by atoms with Crippen LogP contribution >= 0.6 is 0 Å². The second kappa shape index (κ2) is 9.08. The van der Waals surface area contributed by atoms with Crippen molar-refractivity contribution in [1.82, 2.24) is 0 Å². The van der Waals surface area contributed by atoms with Crippen molar-refractivity contribution in [2.45, 2.75) is 120 Å². The molecule has 6 rings (SSSR count). The van der Waals surface area contributed by atoms with Crippen LogP contribution in [0.5, 0.6) is 0 Å². The predicted molar refractivity (Wildman–Crippen MR) is 133 cm³/mol. The second-order valence-electron chi connectivity index (χ2n) is 13.3. The minimum absolute atomic E-state index is 0.0729. The van der Waals surface area contributed by atoms with Gasteiger partial charge in [0.25, 0.3) is 0 Å². The zero-order valence-electron chi connectivity index (χ0n) is 22.4. The van der Waals surface area contributed by atoms with Crippen LogP contribution in [0.4, 0.5) is 0 Å². The minimum atomic E-state index is -1.24. The molecule has 9 nitrogen and oxygen atoms in total. The van der Waals surface area contributed by atoms with Crippen LogP contribution in [0.15, 0.2) is 11.6 Å². The van der Waals surface area contributed by atoms with Gasteiger partial charge in [-0.25, -0.2) is 4.79 Å². The van der Waals surface area contributed by atoms with Gasteiger partial charge in [0, 0.05) is 24.3 Å². The van der Waals surface area contributed by atoms with Crippen molar-refractivity contribution in [3.05, 3.63) is 11.6 Å². The van der Waals surface area contributed by atoms with E-state index in [1.165, 1.54) is 0 Å². The summed E-state index contributed by atoms with van der Waals surface area (Å²) in [4.78, 5) is 24.7. The van der Waals surface area contributed by atoms with Gasteiger partial charge >= 0.3 is 5.97 Å². The van der Waals surface area contributed by atoms with Crippen LogP contribution in [-0.4, -0.2) is 81.2 Å². The number of carbonyl (C=O) groups is 2. The monoisotopic (exact) mass is 534 g/mol. The predicted octanol–water partition coefficient (Wildman–Crippen LogP) is 1.78. The van der Waals surface area contributed by atoms with E-state index in [2.05, 4.69) is 6.92 Å². The molecule has 0 bridgehead atoms. The Labute approximate surface area is 223 Å². The average molecular weight is 535 g/mol. The van der Waals surface area contributed by atoms with Crippen molar-refractivity contribution in [1.29, 1.82) is 0 Å². The summed E-state index contributed by atoms with van der Waals surface area (Å²) in [5.74, 6) is -0.473. The highest BCUT2D eigenvalue weighted by Crippen LogP contribution is 2.70. The van der Waals surface area contributed by atoms with Crippen molar-refractivity contribution in [2.75, 3.05) is 6.61 Å². The zero-order chi connectivity index (χ0) is 27.1. The van der Waals surface area contributed by atoms with Gasteiger partial charge in [0.1, 0.15) is 19.0 Å². The number of hydrogen-bond acceptors (Lipinski definition) is 9. The van der Waals surface area contributed by atoms with Crippen LogP contribution in [-0.2, 0) is 23.8 Å². The van der Waals surface area contributed by atoms with Gasteiger partial charge in [-0.3, -0.25) is 0 Å². The first-order valence-corrected chi connectivity index (χ1v) is 14.4. The Bertz CT molecular complexity index is 1000. The van der Waals surface area contributed by atoms with E-state index in [1.807, 2.05) is 0 Å². The van der Waals surface area contributed by atoms with Crippen LogP contribution in [0.25, 0.3) is 0 Å². The highest BCUT2D eigenvalue weighted by molar-refractivity contribution is 5.85. The summed E-state index contributed by atoms with van der Waals surface area (Å²) >= 11 is 0. The fourth-order valence-electron chi connectivity index (χ4n) is 9.76. The Balaban J connectivity index is 1.22. The van der Waals surface area contributed by atoms with E-state index in [4.69, 9.17) is 14.2 Å². The first-order valence-electron chi connectivity index (χ1n) is 14.4. The fourth-order valence-corrected chi connectivity index (χ4v) is 9.76. The van der Waals surface area contributed by atoms with Gasteiger partial charge in [-0.1, -0.05) is 6.92 Å². The molecule has 5 fully saturated rings. The maximum absolute atomic E-state index is 12.9. The van der Waals surface area contributed by atoms with Gasteiger partial charge in [0.15, 0.2) is 6.29 Å². The van der Waals surface area contributed by atoms with E-state index in [0.29, 0.717) is 45.1 Å². The number of hydrogen-bond donors (Lipinski definition) is 4. The largest absolute Gasteiger partial charge is 0.458 e. The van der Waals surface area contributed by atoms with E-state index < -0.39 is 46.6 Å². The van der Waals surface area contributed by atoms with Crippen molar-refractivity contribution in [2.24, 2.45) is 28.6 Å². The topological polar surface area (TPSA) is 143 Å². The third-order valence-corrected chi connectivity index (χ3v) is 11.9. The summed E-state index contributed by atoms with van der Waals surface area (Å²) in [5, 5.41) is 44.6. The Morgan fingerprint density at radius 2 is 1.82 bits per heavy atom. The smallest absolute Gasteiger partial charge is 0.331 e. The van der Waals surface area contributed by atoms with Crippen molar-refractivity contribution < 1.29 is 44.2 Å². The van der Waals surface area contributed by atoms with E-state index in [-0.39, 0.29) is 36.2 Å². The summed E-state index contributed by atoms with van der Waals surface area (Å²) in [6.45, 7) is 4.13. The van der Waals surface area contributed by atoms with Crippen LogP contribution in [0.2, 0.25) is 0 Å². The van der Waals surface area contributed by atoms with E-state index in [9.17, 15) is 30.0 Å². The molecule has 0 aromatic rings. The van der Waals surface area contributed by atoms with Gasteiger partial charge in [0.05, 0.1) is 34.9 Å². The Hall–Kier alpha value is -1.36. The van der Waals surface area contributed by atoms with Gasteiger partial charge < -0.3 is 39.4 Å².